The molecule has 0 bridgehead atoms. The number of alkyl halides is 1. The third-order valence-electron chi connectivity index (χ3n) is 4.83. The Morgan fingerprint density at radius 1 is 1.40 bits per heavy atom. The predicted molar refractivity (Wildman–Crippen MR) is 112 cm³/mol. The van der Waals surface area contributed by atoms with Crippen LogP contribution < -0.4 is 5.73 Å². The highest BCUT2D eigenvalue weighted by atomic mass is 35.5. The number of allylic oxidation sites excluding steroid dienone is 1. The zero-order valence-corrected chi connectivity index (χ0v) is 17.3. The van der Waals surface area contributed by atoms with E-state index in [0.717, 1.165) is 5.56 Å². The molecule has 6 nitrogen and oxygen atoms in total. The Morgan fingerprint density at radius 2 is 2.17 bits per heavy atom. The van der Waals surface area contributed by atoms with Crippen LogP contribution >= 0.6 is 11.6 Å². The number of ketones is 1. The number of aliphatic imine (C=N–C) groups is 1. The molecule has 0 saturated heterocycles. The molecule has 30 heavy (non-hydrogen) atoms. The number of nitrogens with zero attached hydrogens (tertiary/aromatic N) is 3. The summed E-state index contributed by atoms with van der Waals surface area (Å²) >= 11 is 6.39. The van der Waals surface area contributed by atoms with Crippen LogP contribution in [-0.4, -0.2) is 23.5 Å². The van der Waals surface area contributed by atoms with Crippen LogP contribution in [0.3, 0.4) is 0 Å². The van der Waals surface area contributed by atoms with Crippen molar-refractivity contribution in [1.82, 2.24) is 4.98 Å². The molecule has 0 aliphatic carbocycles. The minimum Gasteiger partial charge on any atom is -0.428 e. The number of nitriles is 1. The average Bonchev–Trinajstić information content (AvgIpc) is 2.73. The van der Waals surface area contributed by atoms with Gasteiger partial charge in [0.1, 0.15) is 29.7 Å². The molecule has 0 amide bonds. The second-order valence-corrected chi connectivity index (χ2v) is 7.46. The molecule has 1 aliphatic rings. The number of hydrogen-bond acceptors (Lipinski definition) is 6. The van der Waals surface area contributed by atoms with Gasteiger partial charge in [-0.1, -0.05) is 30.7 Å². The smallest absolute Gasteiger partial charge is 0.288 e. The number of nitrogens with two attached hydrogens (primary N) is 1. The monoisotopic (exact) mass is 426 g/mol. The van der Waals surface area contributed by atoms with Gasteiger partial charge in [-0.05, 0) is 42.7 Å². The van der Waals surface area contributed by atoms with Crippen LogP contribution in [0.2, 0.25) is 5.02 Å². The number of Topliss-reactive ketones (excluding diaryl/α,β-unsaturated/α-hetero) is 1. The van der Waals surface area contributed by atoms with E-state index in [-0.39, 0.29) is 24.0 Å². The van der Waals surface area contributed by atoms with Crippen molar-refractivity contribution >= 4 is 23.4 Å². The first-order valence-electron chi connectivity index (χ1n) is 9.31. The lowest BCUT2D eigenvalue weighted by atomic mass is 9.89. The van der Waals surface area contributed by atoms with Gasteiger partial charge in [0.25, 0.3) is 6.02 Å². The SMILES string of the molecule is CCc1cc(C#N)cnc1C(=O)Cc1ccc(Cl)c([C@]2(C)C=C(CF)OC(N)=N2)c1. The fourth-order valence-corrected chi connectivity index (χ4v) is 3.71. The highest BCUT2D eigenvalue weighted by molar-refractivity contribution is 6.31. The Morgan fingerprint density at radius 3 is 2.83 bits per heavy atom. The van der Waals surface area contributed by atoms with E-state index in [0.29, 0.717) is 33.8 Å². The number of hydrogen-bond donors (Lipinski definition) is 1. The zero-order valence-electron chi connectivity index (χ0n) is 16.6. The average molecular weight is 427 g/mol. The molecule has 1 atom stereocenters. The number of carbonyl (C=O) groups is 1. The Hall–Kier alpha value is -3.24. The van der Waals surface area contributed by atoms with Crippen molar-refractivity contribution in [3.8, 4) is 6.07 Å². The van der Waals surface area contributed by atoms with Crippen LogP contribution in [-0.2, 0) is 23.1 Å². The number of benzene rings is 1. The van der Waals surface area contributed by atoms with Crippen molar-refractivity contribution in [3.05, 3.63) is 75.3 Å². The van der Waals surface area contributed by atoms with Crippen molar-refractivity contribution < 1.29 is 13.9 Å². The molecule has 3 rings (SSSR count). The molecule has 1 aromatic heterocycles. The van der Waals surface area contributed by atoms with Gasteiger partial charge in [-0.3, -0.25) is 9.78 Å². The standard InChI is InChI=1S/C22H20ClFN4O2/c1-3-15-6-14(11-25)12-27-20(15)19(29)8-13-4-5-18(23)17(7-13)22(2)9-16(10-24)30-21(26)28-22/h4-7,9,12H,3,8,10H2,1-2H3,(H2,26,28)/t22-/m0/s1. The predicted octanol–water partition coefficient (Wildman–Crippen LogP) is 4.01. The quantitative estimate of drug-likeness (QED) is 0.703. The van der Waals surface area contributed by atoms with E-state index in [9.17, 15) is 9.18 Å². The number of ether oxygens (including phenoxy) is 1. The second kappa shape index (κ2) is 8.64. The number of halogens is 2. The van der Waals surface area contributed by atoms with Gasteiger partial charge in [0.15, 0.2) is 5.78 Å². The molecular formula is C22H20ClFN4O2. The molecule has 0 fully saturated rings. The van der Waals surface area contributed by atoms with Crippen molar-refractivity contribution in [2.75, 3.05) is 6.67 Å². The summed E-state index contributed by atoms with van der Waals surface area (Å²) in [5.41, 5.74) is 7.43. The van der Waals surface area contributed by atoms with E-state index in [1.165, 1.54) is 12.3 Å². The van der Waals surface area contributed by atoms with Crippen molar-refractivity contribution in [3.63, 3.8) is 0 Å². The Bertz CT molecular complexity index is 1110. The molecule has 0 unspecified atom stereocenters. The Kier molecular flexibility index (Phi) is 6.18. The molecule has 2 aromatic rings. The van der Waals surface area contributed by atoms with Gasteiger partial charge < -0.3 is 10.5 Å². The normalized spacial score (nSPS) is 18.1. The van der Waals surface area contributed by atoms with Crippen LogP contribution in [0.25, 0.3) is 0 Å². The maximum Gasteiger partial charge on any atom is 0.288 e. The summed E-state index contributed by atoms with van der Waals surface area (Å²) in [6.45, 7) is 2.81. The zero-order chi connectivity index (χ0) is 21.9. The van der Waals surface area contributed by atoms with Crippen LogP contribution in [0.15, 0.2) is 47.3 Å². The van der Waals surface area contributed by atoms with Gasteiger partial charge in [-0.25, -0.2) is 9.38 Å². The number of amidine groups is 1. The molecule has 0 saturated carbocycles. The molecule has 154 valence electrons. The number of aryl methyl sites for hydroxylation is 1. The summed E-state index contributed by atoms with van der Waals surface area (Å²) in [7, 11) is 0. The molecule has 0 spiro atoms. The Labute approximate surface area is 178 Å². The van der Waals surface area contributed by atoms with Crippen molar-refractivity contribution in [2.24, 2.45) is 10.7 Å². The van der Waals surface area contributed by atoms with E-state index in [1.54, 1.807) is 31.2 Å². The molecule has 2 N–H and O–H groups in total. The third kappa shape index (κ3) is 4.34. The maximum atomic E-state index is 13.2. The summed E-state index contributed by atoms with van der Waals surface area (Å²) in [5, 5.41) is 9.45. The van der Waals surface area contributed by atoms with Gasteiger partial charge in [-0.2, -0.15) is 5.26 Å². The van der Waals surface area contributed by atoms with Gasteiger partial charge >= 0.3 is 0 Å². The van der Waals surface area contributed by atoms with Crippen LogP contribution in [0, 0.1) is 11.3 Å². The van der Waals surface area contributed by atoms with Crippen LogP contribution in [0.4, 0.5) is 4.39 Å². The van der Waals surface area contributed by atoms with E-state index >= 15 is 0 Å². The highest BCUT2D eigenvalue weighted by Crippen LogP contribution is 2.36. The van der Waals surface area contributed by atoms with Gasteiger partial charge in [0.05, 0.1) is 5.56 Å². The van der Waals surface area contributed by atoms with Gasteiger partial charge in [0, 0.05) is 23.2 Å². The lowest BCUT2D eigenvalue weighted by molar-refractivity contribution is 0.0987. The first-order valence-corrected chi connectivity index (χ1v) is 9.69. The molecule has 1 aliphatic heterocycles. The van der Waals surface area contributed by atoms with E-state index in [2.05, 4.69) is 9.98 Å². The lowest BCUT2D eigenvalue weighted by Crippen LogP contribution is -2.30. The molecule has 2 heterocycles. The highest BCUT2D eigenvalue weighted by Gasteiger charge is 2.32. The van der Waals surface area contributed by atoms with Gasteiger partial charge in [-0.15, -0.1) is 0 Å². The van der Waals surface area contributed by atoms with E-state index in [4.69, 9.17) is 27.3 Å². The van der Waals surface area contributed by atoms with Crippen molar-refractivity contribution in [1.29, 1.82) is 5.26 Å². The lowest BCUT2D eigenvalue weighted by Gasteiger charge is -2.28. The number of pyridine rings is 1. The fourth-order valence-electron chi connectivity index (χ4n) is 3.40. The van der Waals surface area contributed by atoms with Gasteiger partial charge in [0.2, 0.25) is 0 Å². The second-order valence-electron chi connectivity index (χ2n) is 7.06. The van der Waals surface area contributed by atoms with Crippen LogP contribution in [0.5, 0.6) is 0 Å². The molecule has 1 aromatic carbocycles. The minimum atomic E-state index is -1.03. The van der Waals surface area contributed by atoms with Crippen LogP contribution in [0.1, 0.15) is 46.6 Å². The summed E-state index contributed by atoms with van der Waals surface area (Å²) < 4.78 is 18.2. The maximum absolute atomic E-state index is 13.2. The van der Waals surface area contributed by atoms with E-state index in [1.807, 2.05) is 13.0 Å². The topological polar surface area (TPSA) is 101 Å². The summed E-state index contributed by atoms with van der Waals surface area (Å²) in [4.78, 5) is 21.4. The van der Waals surface area contributed by atoms with E-state index < -0.39 is 12.2 Å². The number of carbonyl (C=O) groups excluding carboxylic acids is 1. The third-order valence-corrected chi connectivity index (χ3v) is 5.16. The molecule has 8 heteroatoms. The minimum absolute atomic E-state index is 0.0527. The van der Waals surface area contributed by atoms with Crippen molar-refractivity contribution in [2.45, 2.75) is 32.2 Å². The molecular weight excluding hydrogens is 407 g/mol. The number of rotatable bonds is 6. The first kappa shape index (κ1) is 21.5. The largest absolute Gasteiger partial charge is 0.428 e. The number of aromatic nitrogens is 1. The molecule has 0 radical (unpaired) electrons. The summed E-state index contributed by atoms with van der Waals surface area (Å²) in [6.07, 6.45) is 3.58. The summed E-state index contributed by atoms with van der Waals surface area (Å²) in [5.74, 6) is -0.123. The summed E-state index contributed by atoms with van der Waals surface area (Å²) in [6, 6.07) is 8.72. The Balaban J connectivity index is 1.95. The first-order chi connectivity index (χ1) is 14.3. The fraction of sp³-hybridized carbons (Fsp3) is 0.273.